The molecule has 8 heteroatoms. The lowest BCUT2D eigenvalue weighted by atomic mass is 10.3. The van der Waals surface area contributed by atoms with Gasteiger partial charge < -0.3 is 35.1 Å². The van der Waals surface area contributed by atoms with E-state index in [1.165, 1.54) is 0 Å². The van der Waals surface area contributed by atoms with Crippen molar-refractivity contribution in [2.75, 3.05) is 0 Å². The van der Waals surface area contributed by atoms with Gasteiger partial charge in [0.1, 0.15) is 0 Å². The minimum atomic E-state index is -1.75. The van der Waals surface area contributed by atoms with Gasteiger partial charge in [0.05, 0.1) is 5.09 Å². The van der Waals surface area contributed by atoms with Gasteiger partial charge in [-0.1, -0.05) is 0 Å². The van der Waals surface area contributed by atoms with Crippen molar-refractivity contribution >= 4 is 11.9 Å². The summed E-state index contributed by atoms with van der Waals surface area (Å²) >= 11 is 0. The molecule has 0 aromatic rings. The topological polar surface area (TPSA) is 146 Å². The predicted octanol–water partition coefficient (Wildman–Crippen LogP) is -2.97. The monoisotopic (exact) mass is 178 g/mol. The second-order valence-electron chi connectivity index (χ2n) is 1.47. The lowest BCUT2D eigenvalue weighted by Gasteiger charge is -2.00. The smallest absolute Gasteiger partial charge is 0.0689 e. The molecule has 8 nitrogen and oxygen atoms in total. The summed E-state index contributed by atoms with van der Waals surface area (Å²) in [5, 5.41) is 33.8. The van der Waals surface area contributed by atoms with Gasteiger partial charge in [-0.05, 0) is 12.8 Å². The van der Waals surface area contributed by atoms with E-state index in [-0.39, 0.29) is 0 Å². The summed E-state index contributed by atoms with van der Waals surface area (Å²) in [7, 11) is 0. The first kappa shape index (κ1) is 12.8. The number of carbonyl (C=O) groups is 2. The third-order valence-electron chi connectivity index (χ3n) is 0.533. The first-order valence-corrected chi connectivity index (χ1v) is 2.57. The Balaban J connectivity index is 0. The van der Waals surface area contributed by atoms with E-state index in [1.807, 2.05) is 0 Å². The van der Waals surface area contributed by atoms with E-state index >= 15 is 0 Å². The SMILES string of the molecule is O=C([O-])CCC(=O)[O-].O=[N+]([O-])[O-]. The van der Waals surface area contributed by atoms with Crippen LogP contribution in [0.1, 0.15) is 12.8 Å². The minimum absolute atomic E-state index is 0.470. The van der Waals surface area contributed by atoms with Crippen LogP contribution in [0.2, 0.25) is 0 Å². The molecule has 0 unspecified atom stereocenters. The van der Waals surface area contributed by atoms with Gasteiger partial charge in [-0.25, -0.2) is 0 Å². The van der Waals surface area contributed by atoms with Crippen LogP contribution in [0.5, 0.6) is 0 Å². The van der Waals surface area contributed by atoms with Crippen LogP contribution in [-0.2, 0) is 9.59 Å². The molecule has 0 saturated heterocycles. The zero-order valence-corrected chi connectivity index (χ0v) is 5.72. The normalized spacial score (nSPS) is 7.67. The highest BCUT2D eigenvalue weighted by Gasteiger charge is 1.85. The highest BCUT2D eigenvalue weighted by molar-refractivity contribution is 5.72. The van der Waals surface area contributed by atoms with E-state index in [9.17, 15) is 19.8 Å². The van der Waals surface area contributed by atoms with Gasteiger partial charge in [-0.2, -0.15) is 0 Å². The summed E-state index contributed by atoms with van der Waals surface area (Å²) in [6, 6.07) is 0. The van der Waals surface area contributed by atoms with Crippen LogP contribution in [-0.4, -0.2) is 17.0 Å². The van der Waals surface area contributed by atoms with E-state index in [4.69, 9.17) is 15.3 Å². The van der Waals surface area contributed by atoms with Crippen molar-refractivity contribution < 1.29 is 24.9 Å². The fourth-order valence-corrected chi connectivity index (χ4v) is 0.204. The molecule has 0 saturated carbocycles. The number of carboxylic acid groups (broad SMARTS) is 2. The molecule has 0 spiro atoms. The Hall–Kier alpha value is -1.86. The van der Waals surface area contributed by atoms with E-state index in [0.717, 1.165) is 0 Å². The third-order valence-corrected chi connectivity index (χ3v) is 0.533. The van der Waals surface area contributed by atoms with Crippen molar-refractivity contribution in [3.05, 3.63) is 15.3 Å². The Morgan fingerprint density at radius 1 is 1.00 bits per heavy atom. The van der Waals surface area contributed by atoms with Crippen LogP contribution in [0.4, 0.5) is 0 Å². The molecule has 0 fully saturated rings. The summed E-state index contributed by atoms with van der Waals surface area (Å²) in [6.07, 6.45) is -0.940. The van der Waals surface area contributed by atoms with Crippen molar-refractivity contribution in [1.29, 1.82) is 0 Å². The molecule has 0 N–H and O–H groups in total. The Morgan fingerprint density at radius 2 is 1.17 bits per heavy atom. The number of hydrogen-bond donors (Lipinski definition) is 0. The number of nitrogens with zero attached hydrogens (tertiary/aromatic N) is 1. The number of carbonyl (C=O) groups excluding carboxylic acids is 2. The molecule has 0 bridgehead atoms. The minimum Gasteiger partial charge on any atom is -0.550 e. The van der Waals surface area contributed by atoms with Crippen LogP contribution < -0.4 is 10.2 Å². The number of carboxylic acids is 2. The largest absolute Gasteiger partial charge is 0.550 e. The standard InChI is InChI=1S/C4H6O4.NO3/c5-3(6)1-2-4(7)8;2-1(3)4/h1-2H2,(H,5,6)(H,7,8);/q;-1/p-2. The zero-order chi connectivity index (χ0) is 10.1. The lowest BCUT2D eigenvalue weighted by Crippen LogP contribution is -2.27. The van der Waals surface area contributed by atoms with Crippen molar-refractivity contribution in [2.24, 2.45) is 0 Å². The number of rotatable bonds is 3. The number of aliphatic carboxylic acids is 2. The molecule has 0 rings (SSSR count). The Labute approximate surface area is 66.2 Å². The maximum Gasteiger partial charge on any atom is 0.0689 e. The van der Waals surface area contributed by atoms with Gasteiger partial charge in [0.25, 0.3) is 0 Å². The third kappa shape index (κ3) is 42.1. The van der Waals surface area contributed by atoms with Crippen LogP contribution in [0.25, 0.3) is 0 Å². The van der Waals surface area contributed by atoms with E-state index in [0.29, 0.717) is 0 Å². The molecule has 12 heavy (non-hydrogen) atoms. The van der Waals surface area contributed by atoms with Crippen molar-refractivity contribution in [3.8, 4) is 0 Å². The zero-order valence-electron chi connectivity index (χ0n) is 5.72. The second kappa shape index (κ2) is 7.25. The Bertz CT molecular complexity index is 158. The summed E-state index contributed by atoms with van der Waals surface area (Å²) in [4.78, 5) is 27.3. The first-order valence-electron chi connectivity index (χ1n) is 2.57. The summed E-state index contributed by atoms with van der Waals surface area (Å²) in [5.41, 5.74) is 0. The quantitative estimate of drug-likeness (QED) is 0.331. The highest BCUT2D eigenvalue weighted by Crippen LogP contribution is 1.81. The molecule has 0 aromatic carbocycles. The summed E-state index contributed by atoms with van der Waals surface area (Å²) in [5.74, 6) is -2.73. The van der Waals surface area contributed by atoms with Gasteiger partial charge in [0.15, 0.2) is 0 Å². The van der Waals surface area contributed by atoms with E-state index in [1.54, 1.807) is 0 Å². The van der Waals surface area contributed by atoms with Crippen LogP contribution in [0.15, 0.2) is 0 Å². The molecule has 0 atom stereocenters. The average Bonchev–Trinajstić information content (AvgIpc) is 1.82. The molecule has 0 aromatic heterocycles. The van der Waals surface area contributed by atoms with Crippen molar-refractivity contribution in [3.63, 3.8) is 0 Å². The van der Waals surface area contributed by atoms with Crippen LogP contribution in [0.3, 0.4) is 0 Å². The molecular weight excluding hydrogens is 174 g/mol. The lowest BCUT2D eigenvalue weighted by molar-refractivity contribution is -0.402. The van der Waals surface area contributed by atoms with Gasteiger partial charge >= 0.3 is 0 Å². The van der Waals surface area contributed by atoms with Crippen LogP contribution in [0, 0.1) is 15.3 Å². The molecule has 0 aliphatic heterocycles. The van der Waals surface area contributed by atoms with E-state index < -0.39 is 29.9 Å². The van der Waals surface area contributed by atoms with Crippen molar-refractivity contribution in [2.45, 2.75) is 12.8 Å². The molecule has 0 radical (unpaired) electrons. The first-order chi connectivity index (χ1) is 5.36. The molecule has 0 aliphatic rings. The van der Waals surface area contributed by atoms with Gasteiger partial charge in [-0.15, -0.1) is 0 Å². The van der Waals surface area contributed by atoms with Gasteiger partial charge in [0, 0.05) is 11.9 Å². The second-order valence-corrected chi connectivity index (χ2v) is 1.47. The summed E-state index contributed by atoms with van der Waals surface area (Å²) in [6.45, 7) is 0. The highest BCUT2D eigenvalue weighted by atomic mass is 16.9. The van der Waals surface area contributed by atoms with Crippen molar-refractivity contribution in [1.82, 2.24) is 0 Å². The Morgan fingerprint density at radius 3 is 1.25 bits per heavy atom. The van der Waals surface area contributed by atoms with E-state index in [2.05, 4.69) is 0 Å². The molecule has 70 valence electrons. The fraction of sp³-hybridized carbons (Fsp3) is 0.500. The molecule has 0 amide bonds. The number of hydrogen-bond acceptors (Lipinski definition) is 7. The predicted molar refractivity (Wildman–Crippen MR) is 29.6 cm³/mol. The molecular formula is C4H4NO7-3. The van der Waals surface area contributed by atoms with Gasteiger partial charge in [-0.3, -0.25) is 0 Å². The summed E-state index contributed by atoms with van der Waals surface area (Å²) < 4.78 is 0. The maximum atomic E-state index is 9.50. The average molecular weight is 178 g/mol. The maximum absolute atomic E-state index is 9.50. The fourth-order valence-electron chi connectivity index (χ4n) is 0.204. The van der Waals surface area contributed by atoms with Crippen LogP contribution >= 0.6 is 0 Å². The molecule has 0 heterocycles. The van der Waals surface area contributed by atoms with Gasteiger partial charge in [0.2, 0.25) is 0 Å². The Kier molecular flexibility index (Phi) is 7.72. The molecule has 0 aliphatic carbocycles.